The molecule has 1 aliphatic heterocycles. The molecule has 9 heteroatoms. The number of hydrogen-bond acceptors (Lipinski definition) is 6. The molecular weight excluding hydrogens is 498 g/mol. The first-order valence-corrected chi connectivity index (χ1v) is 14.5. The van der Waals surface area contributed by atoms with Crippen LogP contribution in [0.15, 0.2) is 30.4 Å². The molecule has 8 nitrogen and oxygen atoms in total. The summed E-state index contributed by atoms with van der Waals surface area (Å²) < 4.78 is 1.07. The van der Waals surface area contributed by atoms with Crippen molar-refractivity contribution in [1.82, 2.24) is 25.8 Å². The van der Waals surface area contributed by atoms with Crippen molar-refractivity contribution in [2.75, 3.05) is 26.2 Å². The quantitative estimate of drug-likeness (QED) is 0.335. The summed E-state index contributed by atoms with van der Waals surface area (Å²) in [7, 11) is 0. The molecule has 3 rings (SSSR count). The van der Waals surface area contributed by atoms with Crippen LogP contribution >= 0.6 is 11.3 Å². The standard InChI is InChI=1S/C29H43N5O3S/c1-7-19(4)25(16-30-28(36)20(5)17-34-12-8-9-13-34)33-29(37)24(31-21(6)35)15-27-32-23-11-10-22(18(2)3)14-26(23)38-27/h10-11,14,18-19,24-25H,5,7-9,12-13,15-17H2,1-4,6H3,(H,30,36)(H,31,35)(H,33,37)/t19-,24-,25+/m0/s1. The lowest BCUT2D eigenvalue weighted by Crippen LogP contribution is -2.54. The van der Waals surface area contributed by atoms with Crippen molar-refractivity contribution in [3.8, 4) is 0 Å². The minimum atomic E-state index is -0.759. The Morgan fingerprint density at radius 1 is 1.13 bits per heavy atom. The van der Waals surface area contributed by atoms with Crippen LogP contribution in [0.2, 0.25) is 0 Å². The van der Waals surface area contributed by atoms with Gasteiger partial charge in [-0.05, 0) is 55.5 Å². The van der Waals surface area contributed by atoms with Crippen LogP contribution in [-0.4, -0.2) is 65.9 Å². The van der Waals surface area contributed by atoms with Crippen molar-refractivity contribution in [3.63, 3.8) is 0 Å². The topological polar surface area (TPSA) is 103 Å². The molecule has 38 heavy (non-hydrogen) atoms. The summed E-state index contributed by atoms with van der Waals surface area (Å²) in [5.41, 5.74) is 2.67. The Balaban J connectivity index is 1.66. The van der Waals surface area contributed by atoms with Crippen molar-refractivity contribution in [2.45, 2.75) is 78.3 Å². The van der Waals surface area contributed by atoms with E-state index in [4.69, 9.17) is 4.98 Å². The lowest BCUT2D eigenvalue weighted by molar-refractivity contribution is -0.128. The molecule has 1 fully saturated rings. The number of hydrogen-bond donors (Lipinski definition) is 3. The van der Waals surface area contributed by atoms with Gasteiger partial charge in [-0.1, -0.05) is 46.8 Å². The van der Waals surface area contributed by atoms with Gasteiger partial charge in [-0.15, -0.1) is 11.3 Å². The van der Waals surface area contributed by atoms with E-state index >= 15 is 0 Å². The van der Waals surface area contributed by atoms with Crippen LogP contribution in [0.5, 0.6) is 0 Å². The second-order valence-corrected chi connectivity index (χ2v) is 11.9. The van der Waals surface area contributed by atoms with Gasteiger partial charge in [-0.25, -0.2) is 4.98 Å². The van der Waals surface area contributed by atoms with Gasteiger partial charge in [-0.3, -0.25) is 19.3 Å². The van der Waals surface area contributed by atoms with Crippen molar-refractivity contribution in [1.29, 1.82) is 0 Å². The maximum Gasteiger partial charge on any atom is 0.247 e. The first-order chi connectivity index (χ1) is 18.1. The third-order valence-electron chi connectivity index (χ3n) is 7.27. The van der Waals surface area contributed by atoms with Crippen molar-refractivity contribution >= 4 is 39.3 Å². The van der Waals surface area contributed by atoms with Crippen LogP contribution in [0.4, 0.5) is 0 Å². The first kappa shape index (κ1) is 29.8. The normalized spacial score (nSPS) is 16.3. The van der Waals surface area contributed by atoms with Gasteiger partial charge in [0.2, 0.25) is 17.7 Å². The van der Waals surface area contributed by atoms with E-state index in [9.17, 15) is 14.4 Å². The van der Waals surface area contributed by atoms with Crippen LogP contribution in [0.1, 0.15) is 70.4 Å². The highest BCUT2D eigenvalue weighted by molar-refractivity contribution is 7.18. The number of carbonyl (C=O) groups is 3. The summed E-state index contributed by atoms with van der Waals surface area (Å²) in [6.07, 6.45) is 3.44. The predicted molar refractivity (Wildman–Crippen MR) is 154 cm³/mol. The Kier molecular flexibility index (Phi) is 10.8. The number of nitrogens with zero attached hydrogens (tertiary/aromatic N) is 2. The predicted octanol–water partition coefficient (Wildman–Crippen LogP) is 3.77. The fraction of sp³-hybridized carbons (Fsp3) is 0.586. The fourth-order valence-electron chi connectivity index (χ4n) is 4.64. The van der Waals surface area contributed by atoms with E-state index in [0.717, 1.165) is 47.6 Å². The average molecular weight is 542 g/mol. The lowest BCUT2D eigenvalue weighted by Gasteiger charge is -2.27. The van der Waals surface area contributed by atoms with E-state index in [1.165, 1.54) is 12.5 Å². The van der Waals surface area contributed by atoms with Gasteiger partial charge in [0.05, 0.1) is 15.2 Å². The molecule has 0 unspecified atom stereocenters. The number of thiazole rings is 1. The third-order valence-corrected chi connectivity index (χ3v) is 8.31. The molecular formula is C29H43N5O3S. The maximum atomic E-state index is 13.4. The van der Waals surface area contributed by atoms with Crippen LogP contribution in [-0.2, 0) is 20.8 Å². The highest BCUT2D eigenvalue weighted by atomic mass is 32.1. The van der Waals surface area contributed by atoms with Gasteiger partial charge in [-0.2, -0.15) is 0 Å². The van der Waals surface area contributed by atoms with Gasteiger partial charge in [0, 0.05) is 38.0 Å². The van der Waals surface area contributed by atoms with E-state index in [1.54, 1.807) is 11.3 Å². The molecule has 1 aromatic heterocycles. The zero-order chi connectivity index (χ0) is 27.8. The molecule has 3 N–H and O–H groups in total. The second kappa shape index (κ2) is 13.8. The molecule has 3 amide bonds. The number of likely N-dealkylation sites (tertiary alicyclic amines) is 1. The largest absolute Gasteiger partial charge is 0.350 e. The zero-order valence-corrected chi connectivity index (χ0v) is 24.2. The molecule has 208 valence electrons. The van der Waals surface area contributed by atoms with Gasteiger partial charge < -0.3 is 16.0 Å². The number of amides is 3. The Morgan fingerprint density at radius 2 is 1.84 bits per heavy atom. The van der Waals surface area contributed by atoms with Crippen LogP contribution in [0, 0.1) is 5.92 Å². The van der Waals surface area contributed by atoms with Gasteiger partial charge in [0.1, 0.15) is 6.04 Å². The monoisotopic (exact) mass is 541 g/mol. The SMILES string of the molecule is C=C(CN1CCCC1)C(=O)NC[C@@H](NC(=O)[C@H](Cc1nc2ccc(C(C)C)cc2s1)NC(C)=O)[C@@H](C)CC. The van der Waals surface area contributed by atoms with Gasteiger partial charge in [0.25, 0.3) is 0 Å². The number of fused-ring (bicyclic) bond motifs is 1. The Hall–Kier alpha value is -2.78. The Labute approximate surface area is 230 Å². The smallest absolute Gasteiger partial charge is 0.247 e. The molecule has 0 bridgehead atoms. The van der Waals surface area contributed by atoms with E-state index in [1.807, 2.05) is 13.0 Å². The average Bonchev–Trinajstić information content (AvgIpc) is 3.53. The van der Waals surface area contributed by atoms with Gasteiger partial charge in [0.15, 0.2) is 0 Å². The molecule has 3 atom stereocenters. The van der Waals surface area contributed by atoms with Crippen LogP contribution < -0.4 is 16.0 Å². The second-order valence-electron chi connectivity index (χ2n) is 10.7. The van der Waals surface area contributed by atoms with E-state index in [-0.39, 0.29) is 29.7 Å². The third kappa shape index (κ3) is 8.36. The molecule has 0 aliphatic carbocycles. The number of rotatable bonds is 13. The maximum absolute atomic E-state index is 13.4. The minimum Gasteiger partial charge on any atom is -0.350 e. The molecule has 0 saturated carbocycles. The fourth-order valence-corrected chi connectivity index (χ4v) is 5.70. The van der Waals surface area contributed by atoms with Crippen molar-refractivity contribution < 1.29 is 14.4 Å². The summed E-state index contributed by atoms with van der Waals surface area (Å²) >= 11 is 1.55. The minimum absolute atomic E-state index is 0.126. The van der Waals surface area contributed by atoms with E-state index in [2.05, 4.69) is 60.3 Å². The van der Waals surface area contributed by atoms with Crippen LogP contribution in [0.3, 0.4) is 0 Å². The summed E-state index contributed by atoms with van der Waals surface area (Å²) in [5, 5.41) is 9.64. The number of aromatic nitrogens is 1. The Bertz CT molecular complexity index is 1140. The Morgan fingerprint density at radius 3 is 2.47 bits per heavy atom. The molecule has 0 radical (unpaired) electrons. The molecule has 0 spiro atoms. The summed E-state index contributed by atoms with van der Waals surface area (Å²) in [6, 6.07) is 5.20. The highest BCUT2D eigenvalue weighted by Gasteiger charge is 2.27. The van der Waals surface area contributed by atoms with Gasteiger partial charge >= 0.3 is 0 Å². The molecule has 2 aromatic rings. The molecule has 1 saturated heterocycles. The van der Waals surface area contributed by atoms with E-state index < -0.39 is 6.04 Å². The number of carbonyl (C=O) groups excluding carboxylic acids is 3. The number of benzene rings is 1. The number of nitrogens with one attached hydrogen (secondary N) is 3. The summed E-state index contributed by atoms with van der Waals surface area (Å²) in [5.74, 6) is -0.204. The van der Waals surface area contributed by atoms with E-state index in [0.29, 0.717) is 31.0 Å². The first-order valence-electron chi connectivity index (χ1n) is 13.7. The zero-order valence-electron chi connectivity index (χ0n) is 23.4. The molecule has 2 heterocycles. The van der Waals surface area contributed by atoms with Crippen molar-refractivity contribution in [3.05, 3.63) is 40.9 Å². The molecule has 1 aliphatic rings. The lowest BCUT2D eigenvalue weighted by atomic mass is 9.98. The van der Waals surface area contributed by atoms with Crippen LogP contribution in [0.25, 0.3) is 10.2 Å². The summed E-state index contributed by atoms with van der Waals surface area (Å²) in [4.78, 5) is 45.0. The summed E-state index contributed by atoms with van der Waals surface area (Å²) in [6.45, 7) is 16.6. The molecule has 1 aromatic carbocycles. The van der Waals surface area contributed by atoms with Crippen molar-refractivity contribution in [2.24, 2.45) is 5.92 Å². The highest BCUT2D eigenvalue weighted by Crippen LogP contribution is 2.27.